The summed E-state index contributed by atoms with van der Waals surface area (Å²) in [5, 5.41) is 5.74. The van der Waals surface area contributed by atoms with Gasteiger partial charge in [-0.15, -0.1) is 0 Å². The van der Waals surface area contributed by atoms with E-state index in [0.29, 0.717) is 5.75 Å². The van der Waals surface area contributed by atoms with Crippen LogP contribution in [0.4, 0.5) is 13.2 Å². The first-order chi connectivity index (χ1) is 10.3. The second-order valence-corrected chi connectivity index (χ2v) is 4.59. The fourth-order valence-corrected chi connectivity index (χ4v) is 1.88. The van der Waals surface area contributed by atoms with Gasteiger partial charge in [0.05, 0.1) is 12.7 Å². The van der Waals surface area contributed by atoms with Crippen molar-refractivity contribution in [2.24, 2.45) is 7.05 Å². The van der Waals surface area contributed by atoms with Crippen LogP contribution >= 0.6 is 0 Å². The molecule has 1 aromatic carbocycles. The lowest BCUT2D eigenvalue weighted by atomic mass is 10.2. The van der Waals surface area contributed by atoms with Gasteiger partial charge in [-0.2, -0.15) is 18.3 Å². The average Bonchev–Trinajstić information content (AvgIpc) is 2.87. The van der Waals surface area contributed by atoms with E-state index in [1.165, 1.54) is 14.2 Å². The number of aryl methyl sites for hydroxylation is 1. The van der Waals surface area contributed by atoms with Gasteiger partial charge in [0.2, 0.25) is 0 Å². The van der Waals surface area contributed by atoms with Crippen molar-refractivity contribution in [1.29, 1.82) is 0 Å². The van der Waals surface area contributed by atoms with E-state index in [2.05, 4.69) is 10.4 Å². The number of benzene rings is 1. The number of methoxy groups -OCH3 is 1. The molecule has 8 heteroatoms. The predicted octanol–water partition coefficient (Wildman–Crippen LogP) is 2.38. The molecule has 0 atom stereocenters. The summed E-state index contributed by atoms with van der Waals surface area (Å²) in [5.41, 5.74) is -0.947. The van der Waals surface area contributed by atoms with E-state index in [1.807, 2.05) is 0 Å². The molecule has 0 spiro atoms. The van der Waals surface area contributed by atoms with E-state index in [-0.39, 0.29) is 6.54 Å². The fourth-order valence-electron chi connectivity index (χ4n) is 1.88. The number of hydrogen-bond donors (Lipinski definition) is 1. The first-order valence-electron chi connectivity index (χ1n) is 6.33. The molecule has 1 heterocycles. The number of aromatic nitrogens is 2. The van der Waals surface area contributed by atoms with Gasteiger partial charge < -0.3 is 10.1 Å². The summed E-state index contributed by atoms with van der Waals surface area (Å²) < 4.78 is 44.4. The van der Waals surface area contributed by atoms with Crippen LogP contribution in [-0.2, 0) is 19.8 Å². The normalized spacial score (nSPS) is 11.3. The molecule has 0 radical (unpaired) electrons. The van der Waals surface area contributed by atoms with E-state index in [1.54, 1.807) is 24.3 Å². The maximum atomic E-state index is 12.8. The number of hydrogen-bond acceptors (Lipinski definition) is 3. The van der Waals surface area contributed by atoms with Crippen molar-refractivity contribution in [3.63, 3.8) is 0 Å². The molecule has 1 N–H and O–H groups in total. The molecule has 5 nitrogen and oxygen atoms in total. The predicted molar refractivity (Wildman–Crippen MR) is 72.4 cm³/mol. The molecule has 22 heavy (non-hydrogen) atoms. The van der Waals surface area contributed by atoms with Crippen LogP contribution in [0.3, 0.4) is 0 Å². The third-order valence-corrected chi connectivity index (χ3v) is 2.95. The van der Waals surface area contributed by atoms with E-state index in [9.17, 15) is 18.0 Å². The van der Waals surface area contributed by atoms with Gasteiger partial charge in [-0.05, 0) is 17.7 Å². The summed E-state index contributed by atoms with van der Waals surface area (Å²) in [5.74, 6) is -0.169. The van der Waals surface area contributed by atoms with Crippen LogP contribution in [0.2, 0.25) is 0 Å². The maximum absolute atomic E-state index is 12.8. The summed E-state index contributed by atoms with van der Waals surface area (Å²) in [7, 11) is 2.85. The van der Waals surface area contributed by atoms with Crippen molar-refractivity contribution in [1.82, 2.24) is 15.1 Å². The molecule has 0 aliphatic rings. The molecular weight excluding hydrogens is 299 g/mol. The van der Waals surface area contributed by atoms with E-state index < -0.39 is 23.3 Å². The van der Waals surface area contributed by atoms with Crippen molar-refractivity contribution < 1.29 is 22.7 Å². The number of nitrogens with zero attached hydrogens (tertiary/aromatic N) is 2. The molecule has 0 saturated heterocycles. The number of amides is 1. The minimum atomic E-state index is -4.67. The molecule has 1 aromatic heterocycles. The van der Waals surface area contributed by atoms with Crippen LogP contribution < -0.4 is 10.1 Å². The molecule has 2 aromatic rings. The smallest absolute Gasteiger partial charge is 0.435 e. The first-order valence-corrected chi connectivity index (χ1v) is 6.33. The Balaban J connectivity index is 2.09. The number of rotatable bonds is 4. The van der Waals surface area contributed by atoms with E-state index in [0.717, 1.165) is 16.4 Å². The number of alkyl halides is 3. The van der Waals surface area contributed by atoms with Crippen molar-refractivity contribution in [2.75, 3.05) is 7.11 Å². The van der Waals surface area contributed by atoms with Gasteiger partial charge in [0.25, 0.3) is 5.91 Å². The van der Waals surface area contributed by atoms with Crippen molar-refractivity contribution in [3.8, 4) is 5.75 Å². The van der Waals surface area contributed by atoms with Crippen LogP contribution in [0.25, 0.3) is 0 Å². The van der Waals surface area contributed by atoms with Crippen molar-refractivity contribution in [3.05, 3.63) is 47.3 Å². The van der Waals surface area contributed by atoms with Gasteiger partial charge in [0.15, 0.2) is 5.69 Å². The zero-order valence-corrected chi connectivity index (χ0v) is 11.9. The van der Waals surface area contributed by atoms with Gasteiger partial charge in [-0.1, -0.05) is 12.1 Å². The van der Waals surface area contributed by atoms with Gasteiger partial charge in [-0.3, -0.25) is 9.48 Å². The number of nitrogens with one attached hydrogen (secondary N) is 1. The Bertz CT molecular complexity index is 663. The molecule has 0 fully saturated rings. The third-order valence-electron chi connectivity index (χ3n) is 2.95. The van der Waals surface area contributed by atoms with Crippen LogP contribution in [0.1, 0.15) is 21.6 Å². The highest BCUT2D eigenvalue weighted by molar-refractivity contribution is 5.95. The van der Waals surface area contributed by atoms with Gasteiger partial charge in [0, 0.05) is 19.8 Å². The lowest BCUT2D eigenvalue weighted by molar-refractivity contribution is -0.141. The minimum Gasteiger partial charge on any atom is -0.497 e. The van der Waals surface area contributed by atoms with Gasteiger partial charge in [0.1, 0.15) is 5.75 Å². The van der Waals surface area contributed by atoms with Crippen molar-refractivity contribution in [2.45, 2.75) is 12.7 Å². The maximum Gasteiger partial charge on any atom is 0.435 e. The number of carbonyl (C=O) groups is 1. The molecule has 0 unspecified atom stereocenters. The molecule has 2 rings (SSSR count). The van der Waals surface area contributed by atoms with Crippen LogP contribution in [0, 0.1) is 0 Å². The summed E-state index contributed by atoms with van der Waals surface area (Å²) in [6.07, 6.45) is -3.62. The lowest BCUT2D eigenvalue weighted by Gasteiger charge is -2.08. The van der Waals surface area contributed by atoms with Gasteiger partial charge >= 0.3 is 6.18 Å². The van der Waals surface area contributed by atoms with Crippen molar-refractivity contribution >= 4 is 5.91 Å². The largest absolute Gasteiger partial charge is 0.497 e. The molecule has 0 bridgehead atoms. The Hall–Kier alpha value is -2.51. The summed E-state index contributed by atoms with van der Waals surface area (Å²) in [6.45, 7) is 0.106. The third kappa shape index (κ3) is 3.57. The topological polar surface area (TPSA) is 56.1 Å². The summed E-state index contributed by atoms with van der Waals surface area (Å²) in [4.78, 5) is 11.9. The molecule has 0 aliphatic heterocycles. The second-order valence-electron chi connectivity index (χ2n) is 4.59. The minimum absolute atomic E-state index is 0.106. The van der Waals surface area contributed by atoms with Gasteiger partial charge in [-0.25, -0.2) is 0 Å². The Morgan fingerprint density at radius 2 is 1.95 bits per heavy atom. The van der Waals surface area contributed by atoms with E-state index in [4.69, 9.17) is 4.74 Å². The highest BCUT2D eigenvalue weighted by Crippen LogP contribution is 2.30. The Labute approximate surface area is 124 Å². The summed E-state index contributed by atoms with van der Waals surface area (Å²) in [6, 6.07) is 6.83. The Morgan fingerprint density at radius 3 is 2.50 bits per heavy atom. The van der Waals surface area contributed by atoms with E-state index >= 15 is 0 Å². The second kappa shape index (κ2) is 6.08. The highest BCUT2D eigenvalue weighted by Gasteiger charge is 2.38. The molecule has 1 amide bonds. The quantitative estimate of drug-likeness (QED) is 0.943. The zero-order chi connectivity index (χ0) is 16.3. The average molecular weight is 313 g/mol. The SMILES string of the molecule is COc1ccc(CNC(=O)c2cn(C)nc2C(F)(F)F)cc1. The number of carbonyl (C=O) groups excluding carboxylic acids is 1. The monoisotopic (exact) mass is 313 g/mol. The Kier molecular flexibility index (Phi) is 4.39. The van der Waals surface area contributed by atoms with Crippen LogP contribution in [0.5, 0.6) is 5.75 Å². The highest BCUT2D eigenvalue weighted by atomic mass is 19.4. The van der Waals surface area contributed by atoms with Crippen LogP contribution in [-0.4, -0.2) is 22.8 Å². The fraction of sp³-hybridized carbons (Fsp3) is 0.286. The molecule has 0 saturated carbocycles. The van der Waals surface area contributed by atoms with Crippen LogP contribution in [0.15, 0.2) is 30.5 Å². The lowest BCUT2D eigenvalue weighted by Crippen LogP contribution is -2.25. The molecule has 0 aliphatic carbocycles. The number of halogens is 3. The number of ether oxygens (including phenoxy) is 1. The molecular formula is C14H14F3N3O2. The molecule has 118 valence electrons. The summed E-state index contributed by atoms with van der Waals surface area (Å²) >= 11 is 0. The first kappa shape index (κ1) is 15.9. The Morgan fingerprint density at radius 1 is 1.32 bits per heavy atom. The zero-order valence-electron chi connectivity index (χ0n) is 11.9. The standard InChI is InChI=1S/C14H14F3N3O2/c1-20-8-11(12(19-20)14(15,16)17)13(21)18-7-9-3-5-10(22-2)6-4-9/h3-6,8H,7H2,1-2H3,(H,18,21).